The third-order valence-electron chi connectivity index (χ3n) is 0. The highest BCUT2D eigenvalue weighted by atomic mass is 31.2. The third-order valence-corrected chi connectivity index (χ3v) is 0. The minimum absolute atomic E-state index is 0. The molecular formula is H17N2O8P. The van der Waals surface area contributed by atoms with Crippen molar-refractivity contribution in [3.63, 3.8) is 0 Å². The Morgan fingerprint density at radius 3 is 0.727 bits per heavy atom. The smallest absolute Gasteiger partial charge is 0.412 e. The van der Waals surface area contributed by atoms with Crippen LogP contribution in [0.5, 0.6) is 0 Å². The van der Waals surface area contributed by atoms with Gasteiger partial charge in [0, 0.05) is 0 Å². The van der Waals surface area contributed by atoms with Crippen LogP contribution in [0.3, 0.4) is 0 Å². The fourth-order valence-electron chi connectivity index (χ4n) is 0. The molecule has 17 N–H and O–H groups in total. The van der Waals surface area contributed by atoms with Gasteiger partial charge >= 0.3 is 7.82 Å². The number of hydrogen-bond acceptors (Lipinski definition) is 3. The summed E-state index contributed by atoms with van der Waals surface area (Å²) < 4.78 is 8.88. The zero-order valence-corrected chi connectivity index (χ0v) is 6.51. The maximum Gasteiger partial charge on any atom is 0.466 e. The lowest BCUT2D eigenvalue weighted by Crippen LogP contribution is -1.66. The Kier molecular flexibility index (Phi) is 145. The summed E-state index contributed by atoms with van der Waals surface area (Å²) in [6.07, 6.45) is 0. The summed E-state index contributed by atoms with van der Waals surface area (Å²) in [6.45, 7) is 0. The normalized spacial score (nSPS) is 5.36. The van der Waals surface area contributed by atoms with Crippen molar-refractivity contribution in [1.82, 2.24) is 12.3 Å². The molecule has 0 unspecified atom stereocenters. The molecule has 11 heavy (non-hydrogen) atoms. The fraction of sp³-hybridized carbons (Fsp3) is 0. The van der Waals surface area contributed by atoms with Crippen molar-refractivity contribution in [2.75, 3.05) is 0 Å². The summed E-state index contributed by atoms with van der Waals surface area (Å²) in [5.41, 5.74) is 0. The Labute approximate surface area is 62.5 Å². The summed E-state index contributed by atoms with van der Waals surface area (Å²) in [7, 11) is -4.64. The van der Waals surface area contributed by atoms with Crippen molar-refractivity contribution in [2.24, 2.45) is 0 Å². The van der Waals surface area contributed by atoms with Crippen LogP contribution in [0.25, 0.3) is 0 Å². The van der Waals surface area contributed by atoms with E-state index in [1.807, 2.05) is 0 Å². The molecule has 0 radical (unpaired) electrons. The first-order valence-corrected chi connectivity index (χ1v) is 2.35. The van der Waals surface area contributed by atoms with E-state index >= 15 is 0 Å². The molecule has 0 aromatic rings. The van der Waals surface area contributed by atoms with E-state index in [2.05, 4.69) is 0 Å². The van der Waals surface area contributed by atoms with Gasteiger partial charge in [-0.2, -0.15) is 0 Å². The Morgan fingerprint density at radius 1 is 0.727 bits per heavy atom. The lowest BCUT2D eigenvalue weighted by atomic mass is 14.0. The maximum atomic E-state index is 8.88. The molecular weight excluding hydrogens is 187 g/mol. The van der Waals surface area contributed by atoms with Gasteiger partial charge in [-0.05, 0) is 0 Å². The van der Waals surface area contributed by atoms with E-state index in [-0.39, 0.29) is 34.2 Å². The lowest BCUT2D eigenvalue weighted by Gasteiger charge is -1.82. The quantitative estimate of drug-likeness (QED) is 0.245. The first-order chi connectivity index (χ1) is 2.00. The number of hydrogen-bond donors (Lipinski definition) is 5. The standard InChI is InChI=1S/2H3N.H3O4P.4H2O/c;;1-5(2,3)4;;;;/h2*1H3;(H3,1,2,3,4);4*1H2. The van der Waals surface area contributed by atoms with Gasteiger partial charge in [0.15, 0.2) is 0 Å². The second-order valence-corrected chi connectivity index (χ2v) is 1.54. The predicted molar refractivity (Wildman–Crippen MR) is 38.8 cm³/mol. The van der Waals surface area contributed by atoms with Crippen LogP contribution in [0.15, 0.2) is 0 Å². The molecule has 0 aromatic carbocycles. The Balaban J connectivity index is -0.00000000533. The maximum absolute atomic E-state index is 8.88. The highest BCUT2D eigenvalue weighted by molar-refractivity contribution is 7.45. The van der Waals surface area contributed by atoms with Crippen LogP contribution in [-0.2, 0) is 4.57 Å². The van der Waals surface area contributed by atoms with E-state index < -0.39 is 7.82 Å². The molecule has 0 saturated heterocycles. The largest absolute Gasteiger partial charge is 0.466 e. The number of rotatable bonds is 0. The van der Waals surface area contributed by atoms with Gasteiger partial charge in [-0.25, -0.2) is 4.57 Å². The molecule has 0 aliphatic rings. The van der Waals surface area contributed by atoms with Crippen molar-refractivity contribution in [1.29, 1.82) is 0 Å². The summed E-state index contributed by atoms with van der Waals surface area (Å²) in [5, 5.41) is 0. The highest BCUT2D eigenvalue weighted by Crippen LogP contribution is 2.25. The van der Waals surface area contributed by atoms with Gasteiger partial charge in [-0.3, -0.25) is 0 Å². The summed E-state index contributed by atoms with van der Waals surface area (Å²) >= 11 is 0. The van der Waals surface area contributed by atoms with Gasteiger partial charge in [0.05, 0.1) is 0 Å². The molecule has 0 rings (SSSR count). The summed E-state index contributed by atoms with van der Waals surface area (Å²) in [4.78, 5) is 21.6. The van der Waals surface area contributed by atoms with E-state index in [9.17, 15) is 0 Å². The molecule has 0 heterocycles. The van der Waals surface area contributed by atoms with Gasteiger partial charge < -0.3 is 48.9 Å². The SMILES string of the molecule is N.N.O.O.O.O.O=P(O)(O)O. The monoisotopic (exact) mass is 204 g/mol. The van der Waals surface area contributed by atoms with Crippen molar-refractivity contribution in [3.05, 3.63) is 0 Å². The van der Waals surface area contributed by atoms with Crippen LogP contribution >= 0.6 is 7.82 Å². The molecule has 0 amide bonds. The average molecular weight is 204 g/mol. The minimum Gasteiger partial charge on any atom is -0.412 e. The van der Waals surface area contributed by atoms with E-state index in [1.54, 1.807) is 0 Å². The van der Waals surface area contributed by atoms with Crippen LogP contribution in [0.2, 0.25) is 0 Å². The highest BCUT2D eigenvalue weighted by Gasteiger charge is 2.00. The second-order valence-electron chi connectivity index (χ2n) is 0.513. The molecule has 0 aromatic heterocycles. The van der Waals surface area contributed by atoms with Gasteiger partial charge in [-0.1, -0.05) is 0 Å². The Bertz CT molecular complexity index is 58.2. The van der Waals surface area contributed by atoms with Crippen LogP contribution < -0.4 is 12.3 Å². The molecule has 0 saturated carbocycles. The topological polar surface area (TPSA) is 274 Å². The zero-order valence-electron chi connectivity index (χ0n) is 5.61. The first-order valence-electron chi connectivity index (χ1n) is 0.783. The van der Waals surface area contributed by atoms with Crippen LogP contribution in [-0.4, -0.2) is 36.6 Å². The molecule has 0 aliphatic carbocycles. The fourth-order valence-corrected chi connectivity index (χ4v) is 0. The molecule has 0 aliphatic heterocycles. The molecule has 80 valence electrons. The van der Waals surface area contributed by atoms with Crippen molar-refractivity contribution in [2.45, 2.75) is 0 Å². The number of phosphoric acid groups is 1. The zero-order chi connectivity index (χ0) is 4.50. The van der Waals surface area contributed by atoms with Crippen molar-refractivity contribution in [3.8, 4) is 0 Å². The van der Waals surface area contributed by atoms with E-state index in [0.29, 0.717) is 0 Å². The summed E-state index contributed by atoms with van der Waals surface area (Å²) in [6, 6.07) is 0. The third kappa shape index (κ3) is 36200. The van der Waals surface area contributed by atoms with Gasteiger partial charge in [0.25, 0.3) is 0 Å². The summed E-state index contributed by atoms with van der Waals surface area (Å²) in [5.74, 6) is 0. The molecule has 11 heteroatoms. The molecule has 0 atom stereocenters. The lowest BCUT2D eigenvalue weighted by molar-refractivity contribution is 0.275. The van der Waals surface area contributed by atoms with Crippen LogP contribution in [0.4, 0.5) is 0 Å². The second kappa shape index (κ2) is 22.5. The van der Waals surface area contributed by atoms with Crippen molar-refractivity contribution < 1.29 is 41.2 Å². The predicted octanol–water partition coefficient (Wildman–Crippen LogP) is -3.90. The van der Waals surface area contributed by atoms with E-state index in [1.165, 1.54) is 0 Å². The first kappa shape index (κ1) is 70.7. The van der Waals surface area contributed by atoms with E-state index in [0.717, 1.165) is 0 Å². The van der Waals surface area contributed by atoms with E-state index in [4.69, 9.17) is 19.2 Å². The molecule has 0 bridgehead atoms. The molecule has 10 nitrogen and oxygen atoms in total. The van der Waals surface area contributed by atoms with Gasteiger partial charge in [0.1, 0.15) is 0 Å². The van der Waals surface area contributed by atoms with Gasteiger partial charge in [0.2, 0.25) is 0 Å². The van der Waals surface area contributed by atoms with Crippen LogP contribution in [0.1, 0.15) is 0 Å². The Morgan fingerprint density at radius 2 is 0.727 bits per heavy atom. The minimum atomic E-state index is -4.64. The van der Waals surface area contributed by atoms with Gasteiger partial charge in [-0.15, -0.1) is 0 Å². The van der Waals surface area contributed by atoms with Crippen molar-refractivity contribution >= 4 is 7.82 Å². The van der Waals surface area contributed by atoms with Crippen LogP contribution in [0, 0.1) is 0 Å². The average Bonchev–Trinajstić information content (AvgIpc) is 0.722. The Hall–Kier alpha value is -0.130. The molecule has 0 spiro atoms. The molecule has 0 fully saturated rings.